The van der Waals surface area contributed by atoms with Gasteiger partial charge in [0.25, 0.3) is 0 Å². The van der Waals surface area contributed by atoms with Crippen molar-refractivity contribution in [2.75, 3.05) is 28.6 Å². The van der Waals surface area contributed by atoms with Gasteiger partial charge < -0.3 is 25.1 Å². The van der Waals surface area contributed by atoms with Crippen LogP contribution in [0, 0.1) is 11.7 Å². The molecule has 0 bridgehead atoms. The summed E-state index contributed by atoms with van der Waals surface area (Å²) < 4.78 is 18.9. The third kappa shape index (κ3) is 4.77. The van der Waals surface area contributed by atoms with E-state index in [9.17, 15) is 14.0 Å². The largest absolute Gasteiger partial charge is 0.481 e. The number of halogens is 1. The highest BCUT2D eigenvalue weighted by Gasteiger charge is 2.25. The van der Waals surface area contributed by atoms with Gasteiger partial charge in [0.1, 0.15) is 11.6 Å². The van der Waals surface area contributed by atoms with Crippen LogP contribution in [-0.4, -0.2) is 45.3 Å². The molecule has 0 unspecified atom stereocenters. The summed E-state index contributed by atoms with van der Waals surface area (Å²) in [6.07, 6.45) is 2.62. The Bertz CT molecular complexity index is 1080. The molecule has 0 saturated carbocycles. The van der Waals surface area contributed by atoms with Crippen molar-refractivity contribution in [3.05, 3.63) is 54.3 Å². The van der Waals surface area contributed by atoms with Gasteiger partial charge in [-0.3, -0.25) is 9.59 Å². The number of para-hydroxylation sites is 1. The topological polar surface area (TPSA) is 133 Å². The average molecular weight is 426 g/mol. The minimum absolute atomic E-state index is 0.117. The van der Waals surface area contributed by atoms with E-state index in [4.69, 9.17) is 9.52 Å². The SMILES string of the molecule is O=C(Nc1ccc(N2CCC(C(=O)O)CC2)nc1)c1nnc(Nc2ccccc2F)o1. The number of benzene rings is 1. The number of aromatic nitrogens is 3. The van der Waals surface area contributed by atoms with E-state index in [0.717, 1.165) is 0 Å². The second-order valence-electron chi connectivity index (χ2n) is 6.98. The fourth-order valence-electron chi connectivity index (χ4n) is 3.23. The van der Waals surface area contributed by atoms with Gasteiger partial charge in [0.15, 0.2) is 0 Å². The minimum atomic E-state index is -0.765. The first-order valence-corrected chi connectivity index (χ1v) is 9.60. The lowest BCUT2D eigenvalue weighted by molar-refractivity contribution is -0.142. The summed E-state index contributed by atoms with van der Waals surface area (Å²) in [5, 5.41) is 21.7. The monoisotopic (exact) mass is 426 g/mol. The molecule has 1 aliphatic heterocycles. The Labute approximate surface area is 176 Å². The smallest absolute Gasteiger partial charge is 0.320 e. The van der Waals surface area contributed by atoms with Gasteiger partial charge >= 0.3 is 23.8 Å². The second kappa shape index (κ2) is 8.78. The maximum atomic E-state index is 13.7. The fourth-order valence-corrected chi connectivity index (χ4v) is 3.23. The number of anilines is 4. The predicted molar refractivity (Wildman–Crippen MR) is 109 cm³/mol. The molecule has 3 heterocycles. The van der Waals surface area contributed by atoms with Crippen LogP contribution in [0.3, 0.4) is 0 Å². The molecule has 31 heavy (non-hydrogen) atoms. The molecule has 0 aliphatic carbocycles. The zero-order valence-electron chi connectivity index (χ0n) is 16.3. The van der Waals surface area contributed by atoms with Crippen LogP contribution < -0.4 is 15.5 Å². The number of pyridine rings is 1. The van der Waals surface area contributed by atoms with Crippen molar-refractivity contribution in [2.45, 2.75) is 12.8 Å². The summed E-state index contributed by atoms with van der Waals surface area (Å²) in [6.45, 7) is 1.21. The Morgan fingerprint density at radius 3 is 2.58 bits per heavy atom. The van der Waals surface area contributed by atoms with Gasteiger partial charge in [-0.1, -0.05) is 17.2 Å². The molecule has 3 aromatic rings. The molecule has 1 saturated heterocycles. The molecular formula is C20H19FN6O4. The molecule has 0 atom stereocenters. The van der Waals surface area contributed by atoms with Gasteiger partial charge in [0.2, 0.25) is 0 Å². The molecule has 1 aromatic carbocycles. The van der Waals surface area contributed by atoms with Gasteiger partial charge in [-0.2, -0.15) is 0 Å². The number of carbonyl (C=O) groups excluding carboxylic acids is 1. The van der Waals surface area contributed by atoms with Gasteiger partial charge in [-0.05, 0) is 37.1 Å². The molecular weight excluding hydrogens is 407 g/mol. The van der Waals surface area contributed by atoms with E-state index in [1.165, 1.54) is 18.3 Å². The number of aliphatic carboxylic acids is 1. The van der Waals surface area contributed by atoms with Gasteiger partial charge in [0.05, 0.1) is 23.5 Å². The standard InChI is InChI=1S/C20H19FN6O4/c21-14-3-1-2-4-15(14)24-20-26-25-18(31-20)17(28)23-13-5-6-16(22-11-13)27-9-7-12(8-10-27)19(29)30/h1-6,11-12H,7-10H2,(H,23,28)(H,24,26)(H,29,30). The number of nitrogens with one attached hydrogen (secondary N) is 2. The Balaban J connectivity index is 1.34. The number of nitrogens with zero attached hydrogens (tertiary/aromatic N) is 4. The van der Waals surface area contributed by atoms with E-state index in [1.54, 1.807) is 24.3 Å². The first kappa shape index (κ1) is 20.3. The van der Waals surface area contributed by atoms with Crippen molar-refractivity contribution in [1.82, 2.24) is 15.2 Å². The highest BCUT2D eigenvalue weighted by atomic mass is 19.1. The van der Waals surface area contributed by atoms with Gasteiger partial charge in [-0.15, -0.1) is 5.10 Å². The molecule has 11 heteroatoms. The normalized spacial score (nSPS) is 14.3. The summed E-state index contributed by atoms with van der Waals surface area (Å²) in [7, 11) is 0. The van der Waals surface area contributed by atoms with E-state index >= 15 is 0 Å². The number of hydrogen-bond donors (Lipinski definition) is 3. The van der Waals surface area contributed by atoms with Crippen LogP contribution in [0.5, 0.6) is 0 Å². The van der Waals surface area contributed by atoms with Gasteiger partial charge in [0, 0.05) is 13.1 Å². The minimum Gasteiger partial charge on any atom is -0.481 e. The quantitative estimate of drug-likeness (QED) is 0.544. The number of carboxylic acids is 1. The zero-order chi connectivity index (χ0) is 21.8. The van der Waals surface area contributed by atoms with Gasteiger partial charge in [-0.25, -0.2) is 9.37 Å². The van der Waals surface area contributed by atoms with E-state index in [-0.39, 0.29) is 23.5 Å². The predicted octanol–water partition coefficient (Wildman–Crippen LogP) is 2.90. The number of amides is 1. The molecule has 1 fully saturated rings. The Morgan fingerprint density at radius 2 is 1.90 bits per heavy atom. The first-order chi connectivity index (χ1) is 15.0. The number of hydrogen-bond acceptors (Lipinski definition) is 8. The molecule has 1 aliphatic rings. The van der Waals surface area contributed by atoms with E-state index in [0.29, 0.717) is 37.4 Å². The van der Waals surface area contributed by atoms with Crippen LogP contribution in [0.15, 0.2) is 47.0 Å². The summed E-state index contributed by atoms with van der Waals surface area (Å²) in [5.41, 5.74) is 0.571. The fraction of sp³-hybridized carbons (Fsp3) is 0.250. The molecule has 160 valence electrons. The molecule has 0 radical (unpaired) electrons. The number of rotatable bonds is 6. The summed E-state index contributed by atoms with van der Waals surface area (Å²) >= 11 is 0. The Morgan fingerprint density at radius 1 is 1.13 bits per heavy atom. The molecule has 0 spiro atoms. The highest BCUT2D eigenvalue weighted by molar-refractivity contribution is 6.00. The number of piperidine rings is 1. The van der Waals surface area contributed by atoms with Crippen molar-refractivity contribution in [2.24, 2.45) is 5.92 Å². The average Bonchev–Trinajstić information content (AvgIpc) is 3.25. The Kier molecular flexibility index (Phi) is 5.74. The van der Waals surface area contributed by atoms with E-state index in [1.807, 2.05) is 4.90 Å². The summed E-state index contributed by atoms with van der Waals surface area (Å²) in [5.74, 6) is -1.80. The van der Waals surface area contributed by atoms with Crippen molar-refractivity contribution < 1.29 is 23.5 Å². The molecule has 10 nitrogen and oxygen atoms in total. The second-order valence-corrected chi connectivity index (χ2v) is 6.98. The van der Waals surface area contributed by atoms with Crippen molar-refractivity contribution in [1.29, 1.82) is 0 Å². The Hall–Kier alpha value is -4.02. The number of carboxylic acid groups (broad SMARTS) is 1. The zero-order valence-corrected chi connectivity index (χ0v) is 16.3. The highest BCUT2D eigenvalue weighted by Crippen LogP contribution is 2.23. The lowest BCUT2D eigenvalue weighted by Gasteiger charge is -2.31. The third-order valence-electron chi connectivity index (χ3n) is 4.91. The third-order valence-corrected chi connectivity index (χ3v) is 4.91. The van der Waals surface area contributed by atoms with Crippen molar-refractivity contribution in [3.8, 4) is 0 Å². The van der Waals surface area contributed by atoms with Crippen molar-refractivity contribution in [3.63, 3.8) is 0 Å². The van der Waals surface area contributed by atoms with Crippen LogP contribution in [0.2, 0.25) is 0 Å². The maximum Gasteiger partial charge on any atom is 0.320 e. The lowest BCUT2D eigenvalue weighted by atomic mass is 9.97. The molecule has 4 rings (SSSR count). The first-order valence-electron chi connectivity index (χ1n) is 9.60. The van der Waals surface area contributed by atoms with Crippen LogP contribution in [0.1, 0.15) is 23.5 Å². The molecule has 1 amide bonds. The van der Waals surface area contributed by atoms with Crippen molar-refractivity contribution >= 4 is 35.1 Å². The van der Waals surface area contributed by atoms with Crippen LogP contribution in [0.4, 0.5) is 27.6 Å². The van der Waals surface area contributed by atoms with Crippen LogP contribution in [-0.2, 0) is 4.79 Å². The molecule has 2 aromatic heterocycles. The summed E-state index contributed by atoms with van der Waals surface area (Å²) in [6, 6.07) is 9.26. The van der Waals surface area contributed by atoms with E-state index in [2.05, 4.69) is 25.8 Å². The number of carbonyl (C=O) groups is 2. The van der Waals surface area contributed by atoms with E-state index < -0.39 is 17.7 Å². The van der Waals surface area contributed by atoms with Crippen LogP contribution in [0.25, 0.3) is 0 Å². The maximum absolute atomic E-state index is 13.7. The summed E-state index contributed by atoms with van der Waals surface area (Å²) in [4.78, 5) is 29.7. The lowest BCUT2D eigenvalue weighted by Crippen LogP contribution is -2.36. The molecule has 3 N–H and O–H groups in total. The van der Waals surface area contributed by atoms with Crippen LogP contribution >= 0.6 is 0 Å².